The van der Waals surface area contributed by atoms with Crippen molar-refractivity contribution in [1.29, 1.82) is 0 Å². The monoisotopic (exact) mass is 223 g/mol. The molecule has 4 unspecified atom stereocenters. The van der Waals surface area contributed by atoms with Crippen LogP contribution in [0.2, 0.25) is 0 Å². The predicted octanol–water partition coefficient (Wildman–Crippen LogP) is 2.58. The second-order valence-corrected chi connectivity index (χ2v) is 6.47. The normalized spacial score (nSPS) is 46.7. The standard InChI is InChI=1S/C14H25NO/c1-14(5-2-6-16-14)10-15-9-13-8-11-3-4-12(13)7-11/h11-13,15H,2-10H2,1H3. The third-order valence-corrected chi connectivity index (χ3v) is 5.09. The summed E-state index contributed by atoms with van der Waals surface area (Å²) < 4.78 is 5.80. The van der Waals surface area contributed by atoms with Crippen LogP contribution in [0.3, 0.4) is 0 Å². The van der Waals surface area contributed by atoms with E-state index in [2.05, 4.69) is 12.2 Å². The van der Waals surface area contributed by atoms with E-state index in [0.29, 0.717) is 0 Å². The lowest BCUT2D eigenvalue weighted by molar-refractivity contribution is 0.0198. The van der Waals surface area contributed by atoms with Gasteiger partial charge in [0.05, 0.1) is 5.60 Å². The molecule has 0 amide bonds. The Morgan fingerprint density at radius 3 is 2.88 bits per heavy atom. The lowest BCUT2D eigenvalue weighted by Crippen LogP contribution is -2.39. The molecule has 0 spiro atoms. The Hall–Kier alpha value is -0.0800. The summed E-state index contributed by atoms with van der Waals surface area (Å²) in [5.74, 6) is 3.11. The smallest absolute Gasteiger partial charge is 0.0779 e. The van der Waals surface area contributed by atoms with Crippen molar-refractivity contribution in [3.05, 3.63) is 0 Å². The fraction of sp³-hybridized carbons (Fsp3) is 1.00. The van der Waals surface area contributed by atoms with Crippen LogP contribution in [0.5, 0.6) is 0 Å². The molecule has 3 fully saturated rings. The van der Waals surface area contributed by atoms with Crippen LogP contribution < -0.4 is 5.32 Å². The van der Waals surface area contributed by atoms with Crippen LogP contribution in [0, 0.1) is 17.8 Å². The van der Waals surface area contributed by atoms with Gasteiger partial charge in [-0.2, -0.15) is 0 Å². The van der Waals surface area contributed by atoms with E-state index in [9.17, 15) is 0 Å². The highest BCUT2D eigenvalue weighted by atomic mass is 16.5. The van der Waals surface area contributed by atoms with E-state index in [4.69, 9.17) is 4.74 Å². The van der Waals surface area contributed by atoms with Crippen molar-refractivity contribution in [1.82, 2.24) is 5.32 Å². The van der Waals surface area contributed by atoms with Gasteiger partial charge in [-0.1, -0.05) is 6.42 Å². The Kier molecular flexibility index (Phi) is 2.97. The van der Waals surface area contributed by atoms with Crippen molar-refractivity contribution in [2.45, 2.75) is 51.0 Å². The van der Waals surface area contributed by atoms with E-state index >= 15 is 0 Å². The first kappa shape index (κ1) is 11.0. The van der Waals surface area contributed by atoms with E-state index in [0.717, 1.165) is 30.9 Å². The highest BCUT2D eigenvalue weighted by Gasteiger charge is 2.39. The minimum absolute atomic E-state index is 0.137. The predicted molar refractivity (Wildman–Crippen MR) is 65.4 cm³/mol. The Morgan fingerprint density at radius 2 is 2.25 bits per heavy atom. The van der Waals surface area contributed by atoms with Crippen LogP contribution >= 0.6 is 0 Å². The minimum Gasteiger partial charge on any atom is -0.374 e. The van der Waals surface area contributed by atoms with Gasteiger partial charge in [0, 0.05) is 13.2 Å². The van der Waals surface area contributed by atoms with Gasteiger partial charge in [0.1, 0.15) is 0 Å². The SMILES string of the molecule is CC1(CNCC2CC3CCC2C3)CCCO1. The molecule has 0 aromatic rings. The molecule has 92 valence electrons. The lowest BCUT2D eigenvalue weighted by atomic mass is 9.88. The second kappa shape index (κ2) is 4.30. The van der Waals surface area contributed by atoms with Crippen molar-refractivity contribution >= 4 is 0 Å². The molecular formula is C14H25NO. The van der Waals surface area contributed by atoms with Crippen LogP contribution in [-0.2, 0) is 4.74 Å². The maximum absolute atomic E-state index is 5.80. The Balaban J connectivity index is 1.40. The van der Waals surface area contributed by atoms with E-state index in [-0.39, 0.29) is 5.60 Å². The van der Waals surface area contributed by atoms with E-state index in [1.165, 1.54) is 45.1 Å². The van der Waals surface area contributed by atoms with Crippen LogP contribution in [0.1, 0.15) is 45.4 Å². The van der Waals surface area contributed by atoms with Crippen molar-refractivity contribution in [3.8, 4) is 0 Å². The zero-order valence-corrected chi connectivity index (χ0v) is 10.5. The molecule has 1 heterocycles. The third kappa shape index (κ3) is 2.14. The quantitative estimate of drug-likeness (QED) is 0.791. The van der Waals surface area contributed by atoms with Crippen molar-refractivity contribution in [2.75, 3.05) is 19.7 Å². The number of ether oxygens (including phenoxy) is 1. The second-order valence-electron chi connectivity index (χ2n) is 6.47. The first-order chi connectivity index (χ1) is 7.75. The summed E-state index contributed by atoms with van der Waals surface area (Å²) in [6, 6.07) is 0. The van der Waals surface area contributed by atoms with Crippen LogP contribution in [-0.4, -0.2) is 25.3 Å². The fourth-order valence-corrected chi connectivity index (χ4v) is 4.12. The van der Waals surface area contributed by atoms with Gasteiger partial charge >= 0.3 is 0 Å². The number of hydrogen-bond acceptors (Lipinski definition) is 2. The highest BCUT2D eigenvalue weighted by molar-refractivity contribution is 4.91. The molecule has 16 heavy (non-hydrogen) atoms. The van der Waals surface area contributed by atoms with Crippen molar-refractivity contribution < 1.29 is 4.74 Å². The highest BCUT2D eigenvalue weighted by Crippen LogP contribution is 2.47. The Bertz CT molecular complexity index is 247. The lowest BCUT2D eigenvalue weighted by Gasteiger charge is -2.27. The Morgan fingerprint density at radius 1 is 1.31 bits per heavy atom. The summed E-state index contributed by atoms with van der Waals surface area (Å²) in [6.45, 7) is 5.51. The average Bonchev–Trinajstić information content (AvgIpc) is 2.94. The van der Waals surface area contributed by atoms with Crippen molar-refractivity contribution in [3.63, 3.8) is 0 Å². The van der Waals surface area contributed by atoms with E-state index in [1.807, 2.05) is 0 Å². The summed E-state index contributed by atoms with van der Waals surface area (Å²) in [5.41, 5.74) is 0.137. The van der Waals surface area contributed by atoms with Gasteiger partial charge < -0.3 is 10.1 Å². The summed E-state index contributed by atoms with van der Waals surface area (Å²) >= 11 is 0. The summed E-state index contributed by atoms with van der Waals surface area (Å²) in [4.78, 5) is 0. The van der Waals surface area contributed by atoms with Crippen LogP contribution in [0.25, 0.3) is 0 Å². The molecule has 0 aromatic heterocycles. The molecular weight excluding hydrogens is 198 g/mol. The van der Waals surface area contributed by atoms with Gasteiger partial charge in [-0.05, 0) is 63.3 Å². The molecule has 3 aliphatic rings. The van der Waals surface area contributed by atoms with Gasteiger partial charge in [0.25, 0.3) is 0 Å². The molecule has 2 aliphatic carbocycles. The fourth-order valence-electron chi connectivity index (χ4n) is 4.12. The number of nitrogens with one attached hydrogen (secondary N) is 1. The van der Waals surface area contributed by atoms with Gasteiger partial charge in [-0.25, -0.2) is 0 Å². The number of hydrogen-bond donors (Lipinski definition) is 1. The van der Waals surface area contributed by atoms with Gasteiger partial charge in [-0.15, -0.1) is 0 Å². The first-order valence-corrected chi connectivity index (χ1v) is 7.10. The Labute approximate surface area is 99.1 Å². The van der Waals surface area contributed by atoms with Gasteiger partial charge in [0.15, 0.2) is 0 Å². The average molecular weight is 223 g/mol. The molecule has 1 N–H and O–H groups in total. The van der Waals surface area contributed by atoms with Crippen LogP contribution in [0.15, 0.2) is 0 Å². The largest absolute Gasteiger partial charge is 0.374 e. The molecule has 2 saturated carbocycles. The topological polar surface area (TPSA) is 21.3 Å². The molecule has 4 atom stereocenters. The van der Waals surface area contributed by atoms with E-state index in [1.54, 1.807) is 0 Å². The summed E-state index contributed by atoms with van der Waals surface area (Å²) in [6.07, 6.45) is 8.52. The summed E-state index contributed by atoms with van der Waals surface area (Å²) in [7, 11) is 0. The molecule has 3 rings (SSSR count). The first-order valence-electron chi connectivity index (χ1n) is 7.10. The molecule has 2 nitrogen and oxygen atoms in total. The van der Waals surface area contributed by atoms with Gasteiger partial charge in [-0.3, -0.25) is 0 Å². The van der Waals surface area contributed by atoms with Crippen molar-refractivity contribution in [2.24, 2.45) is 17.8 Å². The van der Waals surface area contributed by atoms with Crippen LogP contribution in [0.4, 0.5) is 0 Å². The zero-order valence-electron chi connectivity index (χ0n) is 10.5. The minimum atomic E-state index is 0.137. The molecule has 1 aliphatic heterocycles. The maximum atomic E-state index is 5.80. The molecule has 0 radical (unpaired) electrons. The zero-order chi connectivity index (χ0) is 11.0. The number of rotatable bonds is 4. The summed E-state index contributed by atoms with van der Waals surface area (Å²) in [5, 5.41) is 3.67. The molecule has 2 bridgehead atoms. The molecule has 2 heteroatoms. The van der Waals surface area contributed by atoms with Gasteiger partial charge in [0.2, 0.25) is 0 Å². The van der Waals surface area contributed by atoms with E-state index < -0.39 is 0 Å². The number of fused-ring (bicyclic) bond motifs is 2. The maximum Gasteiger partial charge on any atom is 0.0779 e. The third-order valence-electron chi connectivity index (χ3n) is 5.09. The molecule has 1 saturated heterocycles. The molecule has 0 aromatic carbocycles.